The van der Waals surface area contributed by atoms with Gasteiger partial charge in [0.2, 0.25) is 0 Å². The Morgan fingerprint density at radius 3 is 2.58 bits per heavy atom. The fourth-order valence-corrected chi connectivity index (χ4v) is 3.11. The van der Waals surface area contributed by atoms with Crippen molar-refractivity contribution in [3.05, 3.63) is 53.9 Å². The van der Waals surface area contributed by atoms with Crippen molar-refractivity contribution in [1.29, 1.82) is 0 Å². The van der Waals surface area contributed by atoms with Gasteiger partial charge in [0.05, 0.1) is 6.20 Å². The van der Waals surface area contributed by atoms with E-state index in [1.54, 1.807) is 0 Å². The van der Waals surface area contributed by atoms with Crippen LogP contribution >= 0.6 is 0 Å². The summed E-state index contributed by atoms with van der Waals surface area (Å²) in [6.45, 7) is 3.05. The van der Waals surface area contributed by atoms with Gasteiger partial charge in [-0.05, 0) is 32.4 Å². The Hall–Kier alpha value is -1.61. The normalized spacial score (nSPS) is 18.2. The van der Waals surface area contributed by atoms with Gasteiger partial charge in [-0.3, -0.25) is 4.68 Å². The largest absolute Gasteiger partial charge is 0.312 e. The van der Waals surface area contributed by atoms with Gasteiger partial charge in [0.1, 0.15) is 0 Å². The molecule has 1 N–H and O–H groups in total. The maximum atomic E-state index is 4.42. The number of hydrogen-bond acceptors (Lipinski definition) is 2. The highest BCUT2D eigenvalue weighted by atomic mass is 15.3. The highest BCUT2D eigenvalue weighted by molar-refractivity contribution is 5.37. The van der Waals surface area contributed by atoms with Crippen molar-refractivity contribution in [3.8, 4) is 0 Å². The van der Waals surface area contributed by atoms with Crippen molar-refractivity contribution >= 4 is 0 Å². The van der Waals surface area contributed by atoms with Crippen LogP contribution in [0.2, 0.25) is 0 Å². The van der Waals surface area contributed by atoms with Crippen LogP contribution in [-0.2, 0) is 12.0 Å². The molecule has 0 radical (unpaired) electrons. The summed E-state index contributed by atoms with van der Waals surface area (Å²) in [5.41, 5.74) is 3.00. The summed E-state index contributed by atoms with van der Waals surface area (Å²) in [5.74, 6) is 0. The van der Waals surface area contributed by atoms with Crippen LogP contribution in [0.5, 0.6) is 0 Å². The number of nitrogens with one attached hydrogen (secondary N) is 1. The lowest BCUT2D eigenvalue weighted by atomic mass is 9.85. The zero-order chi connectivity index (χ0) is 13.3. The molecule has 1 aliphatic rings. The second-order valence-electron chi connectivity index (χ2n) is 5.37. The highest BCUT2D eigenvalue weighted by Crippen LogP contribution is 2.56. The van der Waals surface area contributed by atoms with Crippen LogP contribution in [0.1, 0.15) is 36.9 Å². The van der Waals surface area contributed by atoms with Gasteiger partial charge >= 0.3 is 0 Å². The summed E-state index contributed by atoms with van der Waals surface area (Å²) in [6, 6.07) is 11.2. The molecular formula is C16H21N3. The first-order valence-corrected chi connectivity index (χ1v) is 7.05. The van der Waals surface area contributed by atoms with Crippen LogP contribution in [-0.4, -0.2) is 16.8 Å². The van der Waals surface area contributed by atoms with Crippen LogP contribution in [0.3, 0.4) is 0 Å². The number of aryl methyl sites for hydroxylation is 1. The Balaban J connectivity index is 1.94. The molecule has 0 saturated heterocycles. The van der Waals surface area contributed by atoms with Gasteiger partial charge in [0.25, 0.3) is 0 Å². The van der Waals surface area contributed by atoms with E-state index in [0.717, 1.165) is 6.54 Å². The predicted molar refractivity (Wildman–Crippen MR) is 77.1 cm³/mol. The fraction of sp³-hybridized carbons (Fsp3) is 0.438. The van der Waals surface area contributed by atoms with Gasteiger partial charge in [0, 0.05) is 29.8 Å². The quantitative estimate of drug-likeness (QED) is 0.890. The van der Waals surface area contributed by atoms with Gasteiger partial charge in [-0.15, -0.1) is 0 Å². The molecule has 0 aliphatic heterocycles. The lowest BCUT2D eigenvalue weighted by Crippen LogP contribution is -2.29. The first kappa shape index (κ1) is 12.4. The molecule has 2 aromatic rings. The van der Waals surface area contributed by atoms with E-state index in [4.69, 9.17) is 0 Å². The molecule has 1 fully saturated rings. The molecule has 19 heavy (non-hydrogen) atoms. The zero-order valence-electron chi connectivity index (χ0n) is 11.6. The molecule has 1 aromatic carbocycles. The number of likely N-dealkylation sites (N-methyl/N-ethyl adjacent to an activating group) is 1. The molecule has 0 amide bonds. The minimum absolute atomic E-state index is 0.262. The molecule has 100 valence electrons. The smallest absolute Gasteiger partial charge is 0.0537 e. The first-order chi connectivity index (χ1) is 9.30. The number of aromatic nitrogens is 2. The predicted octanol–water partition coefficient (Wildman–Crippen LogP) is 2.90. The van der Waals surface area contributed by atoms with E-state index in [1.807, 2.05) is 10.9 Å². The molecule has 0 bridgehead atoms. The molecule has 0 spiro atoms. The summed E-state index contributed by atoms with van der Waals surface area (Å²) < 4.78 is 2.00. The van der Waals surface area contributed by atoms with E-state index in [1.165, 1.54) is 24.0 Å². The molecule has 3 heteroatoms. The molecule has 1 aromatic heterocycles. The average Bonchev–Trinajstić information content (AvgIpc) is 3.12. The van der Waals surface area contributed by atoms with Gasteiger partial charge in [0.15, 0.2) is 0 Å². The summed E-state index contributed by atoms with van der Waals surface area (Å²) in [4.78, 5) is 0. The average molecular weight is 255 g/mol. The molecule has 1 aliphatic carbocycles. The fourth-order valence-electron chi connectivity index (χ4n) is 3.11. The molecule has 1 atom stereocenters. The summed E-state index contributed by atoms with van der Waals surface area (Å²) in [7, 11) is 2.05. The zero-order valence-corrected chi connectivity index (χ0v) is 11.6. The van der Waals surface area contributed by atoms with Crippen molar-refractivity contribution in [3.63, 3.8) is 0 Å². The monoisotopic (exact) mass is 255 g/mol. The summed E-state index contributed by atoms with van der Waals surface area (Å²) in [5, 5.41) is 7.92. The summed E-state index contributed by atoms with van der Waals surface area (Å²) >= 11 is 0. The number of nitrogens with zero attached hydrogens (tertiary/aromatic N) is 2. The van der Waals surface area contributed by atoms with Gasteiger partial charge in [-0.25, -0.2) is 0 Å². The van der Waals surface area contributed by atoms with Crippen molar-refractivity contribution in [2.45, 2.75) is 37.8 Å². The Labute approximate surface area is 114 Å². The lowest BCUT2D eigenvalue weighted by Gasteiger charge is -2.26. The van der Waals surface area contributed by atoms with Gasteiger partial charge in [-0.1, -0.05) is 30.3 Å². The van der Waals surface area contributed by atoms with E-state index in [2.05, 4.69) is 60.9 Å². The third-order valence-electron chi connectivity index (χ3n) is 4.29. The molecule has 1 unspecified atom stereocenters. The Morgan fingerprint density at radius 2 is 2.05 bits per heavy atom. The number of rotatable bonds is 5. The number of hydrogen-bond donors (Lipinski definition) is 1. The third kappa shape index (κ3) is 2.08. The Kier molecular flexibility index (Phi) is 3.15. The molecule has 1 saturated carbocycles. The van der Waals surface area contributed by atoms with Crippen molar-refractivity contribution in [2.75, 3.05) is 7.05 Å². The number of benzene rings is 1. The van der Waals surface area contributed by atoms with E-state index in [0.29, 0.717) is 6.04 Å². The third-order valence-corrected chi connectivity index (χ3v) is 4.29. The van der Waals surface area contributed by atoms with Crippen molar-refractivity contribution in [1.82, 2.24) is 15.1 Å². The molecule has 1 heterocycles. The van der Waals surface area contributed by atoms with Crippen LogP contribution in [0.4, 0.5) is 0 Å². The Morgan fingerprint density at radius 1 is 1.32 bits per heavy atom. The standard InChI is InChI=1S/C16H21N3/c1-3-19-12-13(11-18-19)15(17-2)16(9-10-16)14-7-5-4-6-8-14/h4-8,11-12,15,17H,3,9-10H2,1-2H3. The minimum Gasteiger partial charge on any atom is -0.312 e. The van der Waals surface area contributed by atoms with E-state index >= 15 is 0 Å². The van der Waals surface area contributed by atoms with Gasteiger partial charge < -0.3 is 5.32 Å². The summed E-state index contributed by atoms with van der Waals surface area (Å²) in [6.07, 6.45) is 6.68. The van der Waals surface area contributed by atoms with Crippen LogP contribution in [0, 0.1) is 0 Å². The van der Waals surface area contributed by atoms with E-state index < -0.39 is 0 Å². The van der Waals surface area contributed by atoms with Crippen molar-refractivity contribution in [2.24, 2.45) is 0 Å². The molecule has 3 rings (SSSR count). The van der Waals surface area contributed by atoms with Crippen LogP contribution < -0.4 is 5.32 Å². The maximum Gasteiger partial charge on any atom is 0.0537 e. The van der Waals surface area contributed by atoms with Crippen LogP contribution in [0.25, 0.3) is 0 Å². The SMILES string of the molecule is CCn1cc(C(NC)C2(c3ccccc3)CC2)cn1. The van der Waals surface area contributed by atoms with E-state index in [9.17, 15) is 0 Å². The van der Waals surface area contributed by atoms with Gasteiger partial charge in [-0.2, -0.15) is 5.10 Å². The minimum atomic E-state index is 0.262. The highest BCUT2D eigenvalue weighted by Gasteiger charge is 2.50. The second kappa shape index (κ2) is 4.82. The lowest BCUT2D eigenvalue weighted by molar-refractivity contribution is 0.462. The van der Waals surface area contributed by atoms with Crippen LogP contribution in [0.15, 0.2) is 42.7 Å². The second-order valence-corrected chi connectivity index (χ2v) is 5.37. The molecular weight excluding hydrogens is 234 g/mol. The topological polar surface area (TPSA) is 29.9 Å². The Bertz CT molecular complexity index is 540. The molecule has 3 nitrogen and oxygen atoms in total. The first-order valence-electron chi connectivity index (χ1n) is 7.05. The van der Waals surface area contributed by atoms with Crippen molar-refractivity contribution < 1.29 is 0 Å². The maximum absolute atomic E-state index is 4.42. The van der Waals surface area contributed by atoms with E-state index in [-0.39, 0.29) is 5.41 Å².